The van der Waals surface area contributed by atoms with Crippen LogP contribution in [0.3, 0.4) is 0 Å². The van der Waals surface area contributed by atoms with Crippen molar-refractivity contribution in [2.45, 2.75) is 39.5 Å². The van der Waals surface area contributed by atoms with Crippen LogP contribution in [0.4, 0.5) is 0 Å². The Balaban J connectivity index is 3.27. The zero-order valence-corrected chi connectivity index (χ0v) is 17.8. The number of hydrogen-bond donors (Lipinski definition) is 0. The van der Waals surface area contributed by atoms with E-state index in [0.29, 0.717) is 11.3 Å². The molecule has 0 fully saturated rings. The first-order chi connectivity index (χ1) is 14.1. The predicted octanol–water partition coefficient (Wildman–Crippen LogP) is 1.64. The van der Waals surface area contributed by atoms with Gasteiger partial charge < -0.3 is 23.8 Å². The van der Waals surface area contributed by atoms with Crippen LogP contribution in [0.15, 0.2) is 36.4 Å². The molecule has 0 N–H and O–H groups in total. The molecule has 1 aromatic carbocycles. The number of benzene rings is 1. The highest BCUT2D eigenvalue weighted by atomic mass is 16.6. The van der Waals surface area contributed by atoms with Crippen molar-refractivity contribution in [2.24, 2.45) is 0 Å². The van der Waals surface area contributed by atoms with E-state index in [2.05, 4.69) is 11.3 Å². The van der Waals surface area contributed by atoms with Crippen molar-refractivity contribution in [2.75, 3.05) is 20.8 Å². The maximum absolute atomic E-state index is 13.3. The quantitative estimate of drug-likeness (QED) is 0.319. The van der Waals surface area contributed by atoms with Crippen molar-refractivity contribution >= 4 is 23.8 Å². The second-order valence-electron chi connectivity index (χ2n) is 6.58. The summed E-state index contributed by atoms with van der Waals surface area (Å²) < 4.78 is 19.8. The van der Waals surface area contributed by atoms with Crippen LogP contribution in [0.25, 0.3) is 0 Å². The van der Waals surface area contributed by atoms with Gasteiger partial charge in [0.1, 0.15) is 5.75 Å². The molecule has 1 rings (SSSR count). The largest absolute Gasteiger partial charge is 0.497 e. The summed E-state index contributed by atoms with van der Waals surface area (Å²) in [5.74, 6) is -2.77. The van der Waals surface area contributed by atoms with Gasteiger partial charge in [0.25, 0.3) is 5.91 Å². The fourth-order valence-corrected chi connectivity index (χ4v) is 2.62. The fraction of sp³-hybridized carbons (Fsp3) is 0.429. The topological polar surface area (TPSA) is 108 Å². The predicted molar refractivity (Wildman–Crippen MR) is 106 cm³/mol. The van der Waals surface area contributed by atoms with Crippen LogP contribution in [-0.4, -0.2) is 61.7 Å². The van der Waals surface area contributed by atoms with E-state index in [4.69, 9.17) is 14.2 Å². The fourth-order valence-electron chi connectivity index (χ4n) is 2.62. The van der Waals surface area contributed by atoms with Crippen LogP contribution in [0.1, 0.15) is 26.3 Å². The lowest BCUT2D eigenvalue weighted by Gasteiger charge is -2.30. The first-order valence-electron chi connectivity index (χ1n) is 9.07. The van der Waals surface area contributed by atoms with Crippen molar-refractivity contribution < 1.29 is 38.1 Å². The monoisotopic (exact) mass is 421 g/mol. The number of rotatable bonds is 10. The minimum Gasteiger partial charge on any atom is -0.497 e. The molecular weight excluding hydrogens is 394 g/mol. The van der Waals surface area contributed by atoms with Gasteiger partial charge in [0, 0.05) is 26.9 Å². The van der Waals surface area contributed by atoms with Crippen molar-refractivity contribution in [3.8, 4) is 5.75 Å². The third kappa shape index (κ3) is 7.57. The zero-order chi connectivity index (χ0) is 22.8. The molecule has 0 aliphatic heterocycles. The van der Waals surface area contributed by atoms with Crippen LogP contribution in [0.5, 0.6) is 5.75 Å². The number of nitrogens with zero attached hydrogens (tertiary/aromatic N) is 1. The number of ether oxygens (including phenoxy) is 4. The molecule has 0 heterocycles. The van der Waals surface area contributed by atoms with Crippen LogP contribution in [0, 0.1) is 0 Å². The SMILES string of the molecule is C=C(C)CN(Cc1ccc(OC)cc1)C(=O)[C@H](OC(C)=O)[C@@H](OC(C)=O)C(=O)OC. The summed E-state index contributed by atoms with van der Waals surface area (Å²) in [4.78, 5) is 49.9. The highest BCUT2D eigenvalue weighted by molar-refractivity contribution is 5.91. The number of hydrogen-bond acceptors (Lipinski definition) is 8. The van der Waals surface area contributed by atoms with Gasteiger partial charge in [-0.25, -0.2) is 4.79 Å². The average molecular weight is 421 g/mol. The van der Waals surface area contributed by atoms with E-state index in [1.54, 1.807) is 31.2 Å². The highest BCUT2D eigenvalue weighted by Gasteiger charge is 2.42. The van der Waals surface area contributed by atoms with Crippen LogP contribution in [0.2, 0.25) is 0 Å². The van der Waals surface area contributed by atoms with E-state index < -0.39 is 36.0 Å². The molecule has 164 valence electrons. The Morgan fingerprint density at radius 1 is 0.933 bits per heavy atom. The number of esters is 3. The summed E-state index contributed by atoms with van der Waals surface area (Å²) in [7, 11) is 2.61. The number of carbonyl (C=O) groups excluding carboxylic acids is 4. The minimum atomic E-state index is -1.74. The van der Waals surface area contributed by atoms with Crippen molar-refractivity contribution in [3.63, 3.8) is 0 Å². The molecule has 2 atom stereocenters. The lowest BCUT2D eigenvalue weighted by molar-refractivity contribution is -0.185. The standard InChI is InChI=1S/C21H27NO8/c1-13(2)11-22(12-16-7-9-17(27-5)10-8-16)20(25)18(29-14(3)23)19(21(26)28-6)30-15(4)24/h7-10,18-19H,1,11-12H2,2-6H3/t18-,19-/m1/s1. The molecule has 30 heavy (non-hydrogen) atoms. The van der Waals surface area contributed by atoms with Gasteiger partial charge in [-0.15, -0.1) is 0 Å². The molecule has 0 bridgehead atoms. The van der Waals surface area contributed by atoms with E-state index in [9.17, 15) is 19.2 Å². The molecule has 0 aromatic heterocycles. The Morgan fingerprint density at radius 2 is 1.47 bits per heavy atom. The zero-order valence-electron chi connectivity index (χ0n) is 17.8. The Hall–Kier alpha value is -3.36. The molecule has 9 heteroatoms. The van der Waals surface area contributed by atoms with E-state index in [1.807, 2.05) is 0 Å². The van der Waals surface area contributed by atoms with E-state index >= 15 is 0 Å². The second-order valence-corrected chi connectivity index (χ2v) is 6.58. The van der Waals surface area contributed by atoms with Crippen molar-refractivity contribution in [3.05, 3.63) is 42.0 Å². The normalized spacial score (nSPS) is 12.2. The highest BCUT2D eigenvalue weighted by Crippen LogP contribution is 2.17. The van der Waals surface area contributed by atoms with Crippen LogP contribution >= 0.6 is 0 Å². The van der Waals surface area contributed by atoms with Gasteiger partial charge in [0.05, 0.1) is 14.2 Å². The van der Waals surface area contributed by atoms with Gasteiger partial charge in [-0.2, -0.15) is 0 Å². The lowest BCUT2D eigenvalue weighted by Crippen LogP contribution is -2.51. The molecular formula is C21H27NO8. The first-order valence-corrected chi connectivity index (χ1v) is 9.07. The van der Waals surface area contributed by atoms with Gasteiger partial charge in [0.2, 0.25) is 12.2 Å². The van der Waals surface area contributed by atoms with Gasteiger partial charge in [-0.05, 0) is 24.6 Å². The molecule has 1 amide bonds. The summed E-state index contributed by atoms with van der Waals surface area (Å²) >= 11 is 0. The molecule has 0 aliphatic rings. The number of carbonyl (C=O) groups is 4. The molecule has 0 spiro atoms. The lowest BCUT2D eigenvalue weighted by atomic mass is 10.1. The summed E-state index contributed by atoms with van der Waals surface area (Å²) in [5, 5.41) is 0. The molecule has 0 saturated carbocycles. The van der Waals surface area contributed by atoms with Gasteiger partial charge in [-0.3, -0.25) is 14.4 Å². The van der Waals surface area contributed by atoms with Crippen LogP contribution in [-0.2, 0) is 39.9 Å². The Morgan fingerprint density at radius 3 is 1.90 bits per heavy atom. The molecule has 9 nitrogen and oxygen atoms in total. The summed E-state index contributed by atoms with van der Waals surface area (Å²) in [6, 6.07) is 7.00. The van der Waals surface area contributed by atoms with E-state index in [0.717, 1.165) is 26.5 Å². The molecule has 0 unspecified atom stereocenters. The van der Waals surface area contributed by atoms with Crippen LogP contribution < -0.4 is 4.74 Å². The Bertz CT molecular complexity index is 787. The summed E-state index contributed by atoms with van der Waals surface area (Å²) in [6.07, 6.45) is -3.45. The van der Waals surface area contributed by atoms with Crippen molar-refractivity contribution in [1.82, 2.24) is 4.90 Å². The smallest absolute Gasteiger partial charge is 0.351 e. The van der Waals surface area contributed by atoms with Gasteiger partial charge >= 0.3 is 17.9 Å². The summed E-state index contributed by atoms with van der Waals surface area (Å²) in [5.41, 5.74) is 1.41. The van der Waals surface area contributed by atoms with E-state index in [-0.39, 0.29) is 13.1 Å². The third-order valence-electron chi connectivity index (χ3n) is 3.84. The summed E-state index contributed by atoms with van der Waals surface area (Å²) in [6.45, 7) is 7.92. The third-order valence-corrected chi connectivity index (χ3v) is 3.84. The minimum absolute atomic E-state index is 0.122. The maximum atomic E-state index is 13.3. The first kappa shape index (κ1) is 24.7. The maximum Gasteiger partial charge on any atom is 0.351 e. The van der Waals surface area contributed by atoms with Gasteiger partial charge in [0.15, 0.2) is 0 Å². The van der Waals surface area contributed by atoms with E-state index in [1.165, 1.54) is 12.0 Å². The molecule has 1 aromatic rings. The molecule has 0 aliphatic carbocycles. The van der Waals surface area contributed by atoms with Crippen molar-refractivity contribution in [1.29, 1.82) is 0 Å². The number of amides is 1. The van der Waals surface area contributed by atoms with Gasteiger partial charge in [-0.1, -0.05) is 24.3 Å². The molecule has 0 radical (unpaired) electrons. The average Bonchev–Trinajstić information content (AvgIpc) is 2.68. The molecule has 0 saturated heterocycles. The Kier molecular flexibility index (Phi) is 9.54. The second kappa shape index (κ2) is 11.6. The Labute approximate surface area is 175 Å². The number of methoxy groups -OCH3 is 2.